The average molecular weight is 291 g/mol. The Labute approximate surface area is 126 Å². The Morgan fingerprint density at radius 2 is 2.24 bits per heavy atom. The molecule has 1 aliphatic rings. The van der Waals surface area contributed by atoms with Crippen LogP contribution in [0.5, 0.6) is 0 Å². The minimum Gasteiger partial charge on any atom is -0.396 e. The molecule has 1 atom stereocenters. The maximum absolute atomic E-state index is 12.2. The molecule has 0 spiro atoms. The molecule has 1 saturated carbocycles. The van der Waals surface area contributed by atoms with Crippen LogP contribution in [-0.2, 0) is 0 Å². The van der Waals surface area contributed by atoms with Gasteiger partial charge < -0.3 is 10.4 Å². The van der Waals surface area contributed by atoms with E-state index in [1.807, 2.05) is 0 Å². The number of carbonyl (C=O) groups excluding carboxylic acids is 1. The Morgan fingerprint density at radius 1 is 1.48 bits per heavy atom. The Hall–Kier alpha value is -1.49. The SMILES string of the molecule is CCC(CCO)CNC(=O)c1ccnc(C2CCCC2)n1. The molecule has 2 N–H and O–H groups in total. The van der Waals surface area contributed by atoms with Gasteiger partial charge in [0, 0.05) is 25.3 Å². The van der Waals surface area contributed by atoms with Crippen LogP contribution < -0.4 is 5.32 Å². The van der Waals surface area contributed by atoms with Crippen molar-refractivity contribution >= 4 is 5.91 Å². The van der Waals surface area contributed by atoms with Crippen molar-refractivity contribution in [2.45, 2.75) is 51.4 Å². The highest BCUT2D eigenvalue weighted by Gasteiger charge is 2.21. The molecule has 1 aromatic heterocycles. The van der Waals surface area contributed by atoms with Gasteiger partial charge in [0.05, 0.1) is 0 Å². The number of hydrogen-bond acceptors (Lipinski definition) is 4. The van der Waals surface area contributed by atoms with E-state index in [1.165, 1.54) is 12.8 Å². The van der Waals surface area contributed by atoms with Gasteiger partial charge in [-0.3, -0.25) is 4.79 Å². The first-order valence-electron chi connectivity index (χ1n) is 7.96. The van der Waals surface area contributed by atoms with Gasteiger partial charge in [-0.25, -0.2) is 9.97 Å². The minimum atomic E-state index is -0.145. The largest absolute Gasteiger partial charge is 0.396 e. The minimum absolute atomic E-state index is 0.145. The fourth-order valence-corrected chi connectivity index (χ4v) is 2.84. The molecule has 0 bridgehead atoms. The van der Waals surface area contributed by atoms with Crippen molar-refractivity contribution in [2.75, 3.05) is 13.2 Å². The van der Waals surface area contributed by atoms with E-state index in [2.05, 4.69) is 22.2 Å². The van der Waals surface area contributed by atoms with Gasteiger partial charge in [0.25, 0.3) is 5.91 Å². The van der Waals surface area contributed by atoms with Crippen molar-refractivity contribution in [3.63, 3.8) is 0 Å². The number of amides is 1. The highest BCUT2D eigenvalue weighted by Crippen LogP contribution is 2.31. The molecule has 0 radical (unpaired) electrons. The van der Waals surface area contributed by atoms with E-state index in [0.29, 0.717) is 30.5 Å². The summed E-state index contributed by atoms with van der Waals surface area (Å²) in [5, 5.41) is 11.9. The predicted molar refractivity (Wildman–Crippen MR) is 81.1 cm³/mol. The topological polar surface area (TPSA) is 75.1 Å². The number of aromatic nitrogens is 2. The maximum Gasteiger partial charge on any atom is 0.270 e. The van der Waals surface area contributed by atoms with Gasteiger partial charge >= 0.3 is 0 Å². The third-order valence-electron chi connectivity index (χ3n) is 4.29. The summed E-state index contributed by atoms with van der Waals surface area (Å²) in [7, 11) is 0. The Bertz CT molecular complexity index is 459. The summed E-state index contributed by atoms with van der Waals surface area (Å²) < 4.78 is 0. The molecule has 1 aromatic rings. The van der Waals surface area contributed by atoms with Crippen molar-refractivity contribution in [1.82, 2.24) is 15.3 Å². The first-order valence-corrected chi connectivity index (χ1v) is 7.96. The molecule has 1 amide bonds. The van der Waals surface area contributed by atoms with Crippen LogP contribution in [0.1, 0.15) is 67.7 Å². The van der Waals surface area contributed by atoms with Gasteiger partial charge in [-0.1, -0.05) is 26.2 Å². The molecule has 1 fully saturated rings. The Morgan fingerprint density at radius 3 is 2.90 bits per heavy atom. The highest BCUT2D eigenvalue weighted by atomic mass is 16.3. The van der Waals surface area contributed by atoms with Crippen LogP contribution in [-0.4, -0.2) is 34.1 Å². The monoisotopic (exact) mass is 291 g/mol. The Balaban J connectivity index is 1.94. The van der Waals surface area contributed by atoms with E-state index in [4.69, 9.17) is 5.11 Å². The number of nitrogens with zero attached hydrogens (tertiary/aromatic N) is 2. The molecule has 1 unspecified atom stereocenters. The summed E-state index contributed by atoms with van der Waals surface area (Å²) in [6.07, 6.45) is 8.04. The van der Waals surface area contributed by atoms with E-state index in [9.17, 15) is 4.79 Å². The first-order chi connectivity index (χ1) is 10.2. The van der Waals surface area contributed by atoms with E-state index < -0.39 is 0 Å². The van der Waals surface area contributed by atoms with Gasteiger partial charge in [-0.2, -0.15) is 0 Å². The summed E-state index contributed by atoms with van der Waals surface area (Å²) in [5.41, 5.74) is 0.450. The zero-order valence-electron chi connectivity index (χ0n) is 12.7. The second kappa shape index (κ2) is 8.08. The van der Waals surface area contributed by atoms with Crippen LogP contribution in [0, 0.1) is 5.92 Å². The van der Waals surface area contributed by atoms with Crippen molar-refractivity contribution in [1.29, 1.82) is 0 Å². The second-order valence-electron chi connectivity index (χ2n) is 5.78. The average Bonchev–Trinajstić information content (AvgIpc) is 3.05. The number of rotatable bonds is 7. The highest BCUT2D eigenvalue weighted by molar-refractivity contribution is 5.92. The molecule has 0 saturated heterocycles. The van der Waals surface area contributed by atoms with Crippen LogP contribution >= 0.6 is 0 Å². The molecule has 2 rings (SSSR count). The molecule has 5 heteroatoms. The lowest BCUT2D eigenvalue weighted by molar-refractivity contribution is 0.0938. The van der Waals surface area contributed by atoms with Gasteiger partial charge in [-0.15, -0.1) is 0 Å². The number of aliphatic hydroxyl groups is 1. The third kappa shape index (κ3) is 4.49. The van der Waals surface area contributed by atoms with Crippen LogP contribution in [0.15, 0.2) is 12.3 Å². The van der Waals surface area contributed by atoms with E-state index in [0.717, 1.165) is 25.1 Å². The number of hydrogen-bond donors (Lipinski definition) is 2. The molecule has 116 valence electrons. The summed E-state index contributed by atoms with van der Waals surface area (Å²) >= 11 is 0. The summed E-state index contributed by atoms with van der Waals surface area (Å²) in [4.78, 5) is 20.9. The fraction of sp³-hybridized carbons (Fsp3) is 0.688. The van der Waals surface area contributed by atoms with E-state index in [1.54, 1.807) is 12.3 Å². The number of carbonyl (C=O) groups is 1. The number of aliphatic hydroxyl groups excluding tert-OH is 1. The van der Waals surface area contributed by atoms with Crippen LogP contribution in [0.4, 0.5) is 0 Å². The molecule has 1 aliphatic carbocycles. The molecule has 5 nitrogen and oxygen atoms in total. The molecule has 0 aromatic carbocycles. The van der Waals surface area contributed by atoms with Crippen molar-refractivity contribution in [3.05, 3.63) is 23.8 Å². The normalized spacial score (nSPS) is 16.9. The van der Waals surface area contributed by atoms with Crippen molar-refractivity contribution < 1.29 is 9.90 Å². The summed E-state index contributed by atoms with van der Waals surface area (Å²) in [5.74, 6) is 1.39. The summed E-state index contributed by atoms with van der Waals surface area (Å²) in [6.45, 7) is 2.81. The van der Waals surface area contributed by atoms with Crippen molar-refractivity contribution in [3.8, 4) is 0 Å². The zero-order valence-corrected chi connectivity index (χ0v) is 12.7. The van der Waals surface area contributed by atoms with Gasteiger partial charge in [0.1, 0.15) is 11.5 Å². The lowest BCUT2D eigenvalue weighted by atomic mass is 10.0. The zero-order chi connectivity index (χ0) is 15.1. The van der Waals surface area contributed by atoms with Gasteiger partial charge in [-0.05, 0) is 31.2 Å². The maximum atomic E-state index is 12.2. The number of nitrogens with one attached hydrogen (secondary N) is 1. The molecular formula is C16H25N3O2. The van der Waals surface area contributed by atoms with Crippen LogP contribution in [0.2, 0.25) is 0 Å². The molecule has 1 heterocycles. The quantitative estimate of drug-likeness (QED) is 0.808. The predicted octanol–water partition coefficient (Wildman–Crippen LogP) is 2.27. The fourth-order valence-electron chi connectivity index (χ4n) is 2.84. The summed E-state index contributed by atoms with van der Waals surface area (Å²) in [6, 6.07) is 1.67. The lowest BCUT2D eigenvalue weighted by Gasteiger charge is -2.14. The van der Waals surface area contributed by atoms with Crippen LogP contribution in [0.3, 0.4) is 0 Å². The smallest absolute Gasteiger partial charge is 0.270 e. The molecular weight excluding hydrogens is 266 g/mol. The van der Waals surface area contributed by atoms with Gasteiger partial charge in [0.15, 0.2) is 0 Å². The molecule has 0 aliphatic heterocycles. The van der Waals surface area contributed by atoms with E-state index >= 15 is 0 Å². The standard InChI is InChI=1S/C16H25N3O2/c1-2-12(8-10-20)11-18-16(21)14-7-9-17-15(19-14)13-5-3-4-6-13/h7,9,12-13,20H,2-6,8,10-11H2,1H3,(H,18,21). The first kappa shape index (κ1) is 15.9. The second-order valence-corrected chi connectivity index (χ2v) is 5.78. The molecule has 21 heavy (non-hydrogen) atoms. The third-order valence-corrected chi connectivity index (χ3v) is 4.29. The van der Waals surface area contributed by atoms with E-state index in [-0.39, 0.29) is 12.5 Å². The van der Waals surface area contributed by atoms with Crippen LogP contribution in [0.25, 0.3) is 0 Å². The Kier molecular flexibility index (Phi) is 6.11. The van der Waals surface area contributed by atoms with Gasteiger partial charge in [0.2, 0.25) is 0 Å². The van der Waals surface area contributed by atoms with Crippen molar-refractivity contribution in [2.24, 2.45) is 5.92 Å². The lowest BCUT2D eigenvalue weighted by Crippen LogP contribution is -2.30.